The molecule has 2 aromatic rings. The zero-order valence-corrected chi connectivity index (χ0v) is 15.6. The van der Waals surface area contributed by atoms with E-state index in [9.17, 15) is 9.59 Å². The first kappa shape index (κ1) is 17.8. The summed E-state index contributed by atoms with van der Waals surface area (Å²) in [5.74, 6) is 0.112. The Hall–Kier alpha value is -2.60. The maximum absolute atomic E-state index is 12.8. The standard InChI is InChI=1S/C21H26N4O2/c26-20(16-25-10-8-18-19(25)7-4-9-22-21(18)27)24-13-11-23(12-14-24)15-17-5-2-1-3-6-17/h1-3,5-6,8,10H,4,7,9,11-16H2,(H,22,27). The van der Waals surface area contributed by atoms with Crippen molar-refractivity contribution in [3.63, 3.8) is 0 Å². The molecule has 0 spiro atoms. The molecule has 27 heavy (non-hydrogen) atoms. The van der Waals surface area contributed by atoms with Crippen LogP contribution in [0.1, 0.15) is 28.0 Å². The van der Waals surface area contributed by atoms with Gasteiger partial charge in [-0.2, -0.15) is 0 Å². The van der Waals surface area contributed by atoms with Gasteiger partial charge in [0.15, 0.2) is 0 Å². The van der Waals surface area contributed by atoms with Gasteiger partial charge in [0, 0.05) is 51.2 Å². The fourth-order valence-electron chi connectivity index (χ4n) is 3.93. The van der Waals surface area contributed by atoms with E-state index in [1.165, 1.54) is 5.56 Å². The summed E-state index contributed by atoms with van der Waals surface area (Å²) in [6.45, 7) is 5.26. The minimum atomic E-state index is -0.0248. The van der Waals surface area contributed by atoms with Gasteiger partial charge in [0.1, 0.15) is 6.54 Å². The highest BCUT2D eigenvalue weighted by Crippen LogP contribution is 2.17. The fourth-order valence-corrected chi connectivity index (χ4v) is 3.93. The van der Waals surface area contributed by atoms with Gasteiger partial charge in [-0.25, -0.2) is 0 Å². The van der Waals surface area contributed by atoms with Crippen molar-refractivity contribution in [3.8, 4) is 0 Å². The lowest BCUT2D eigenvalue weighted by atomic mass is 10.2. The van der Waals surface area contributed by atoms with Gasteiger partial charge < -0.3 is 14.8 Å². The van der Waals surface area contributed by atoms with Crippen LogP contribution in [0.5, 0.6) is 0 Å². The van der Waals surface area contributed by atoms with Crippen LogP contribution in [0.3, 0.4) is 0 Å². The Morgan fingerprint density at radius 3 is 2.59 bits per heavy atom. The lowest BCUT2D eigenvalue weighted by molar-refractivity contribution is -0.133. The molecule has 0 unspecified atom stereocenters. The first-order valence-electron chi connectivity index (χ1n) is 9.71. The van der Waals surface area contributed by atoms with Crippen molar-refractivity contribution >= 4 is 11.8 Å². The molecule has 1 aromatic carbocycles. The third-order valence-corrected chi connectivity index (χ3v) is 5.48. The van der Waals surface area contributed by atoms with E-state index in [2.05, 4.69) is 34.5 Å². The van der Waals surface area contributed by atoms with Gasteiger partial charge in [0.25, 0.3) is 5.91 Å². The van der Waals surface area contributed by atoms with Crippen LogP contribution in [0, 0.1) is 0 Å². The van der Waals surface area contributed by atoms with Crippen molar-refractivity contribution in [1.82, 2.24) is 19.7 Å². The maximum Gasteiger partial charge on any atom is 0.253 e. The average Bonchev–Trinajstić information content (AvgIpc) is 2.99. The van der Waals surface area contributed by atoms with E-state index in [0.29, 0.717) is 18.7 Å². The van der Waals surface area contributed by atoms with E-state index in [-0.39, 0.29) is 11.8 Å². The summed E-state index contributed by atoms with van der Waals surface area (Å²) in [5.41, 5.74) is 3.01. The number of carbonyl (C=O) groups excluding carboxylic acids is 2. The quantitative estimate of drug-likeness (QED) is 0.892. The predicted octanol–water partition coefficient (Wildman–Crippen LogP) is 1.51. The second-order valence-corrected chi connectivity index (χ2v) is 7.31. The van der Waals surface area contributed by atoms with Crippen LogP contribution in [0.25, 0.3) is 0 Å². The topological polar surface area (TPSA) is 57.6 Å². The van der Waals surface area contributed by atoms with Gasteiger partial charge in [-0.3, -0.25) is 14.5 Å². The molecule has 1 fully saturated rings. The van der Waals surface area contributed by atoms with Crippen LogP contribution in [-0.4, -0.2) is 58.9 Å². The van der Waals surface area contributed by atoms with Crippen LogP contribution in [0.15, 0.2) is 42.6 Å². The number of benzene rings is 1. The molecule has 0 aliphatic carbocycles. The fraction of sp³-hybridized carbons (Fsp3) is 0.429. The van der Waals surface area contributed by atoms with Crippen LogP contribution in [0.2, 0.25) is 0 Å². The molecule has 2 aliphatic heterocycles. The molecule has 2 amide bonds. The van der Waals surface area contributed by atoms with Crippen molar-refractivity contribution in [1.29, 1.82) is 0 Å². The van der Waals surface area contributed by atoms with Gasteiger partial charge in [-0.05, 0) is 24.5 Å². The highest BCUT2D eigenvalue weighted by atomic mass is 16.2. The summed E-state index contributed by atoms with van der Waals surface area (Å²) in [6, 6.07) is 12.3. The molecular formula is C21H26N4O2. The Morgan fingerprint density at radius 2 is 1.81 bits per heavy atom. The van der Waals surface area contributed by atoms with Crippen molar-refractivity contribution in [3.05, 3.63) is 59.4 Å². The number of carbonyl (C=O) groups is 2. The van der Waals surface area contributed by atoms with Gasteiger partial charge >= 0.3 is 0 Å². The largest absolute Gasteiger partial charge is 0.352 e. The monoisotopic (exact) mass is 366 g/mol. The Kier molecular flexibility index (Phi) is 5.25. The summed E-state index contributed by atoms with van der Waals surface area (Å²) in [6.07, 6.45) is 3.62. The first-order chi connectivity index (χ1) is 13.2. The zero-order valence-electron chi connectivity index (χ0n) is 15.6. The Bertz CT molecular complexity index is 807. The Balaban J connectivity index is 1.33. The average molecular weight is 366 g/mol. The van der Waals surface area contributed by atoms with Crippen molar-refractivity contribution in [2.75, 3.05) is 32.7 Å². The third kappa shape index (κ3) is 4.06. The zero-order chi connectivity index (χ0) is 18.6. The first-order valence-corrected chi connectivity index (χ1v) is 9.71. The predicted molar refractivity (Wildman–Crippen MR) is 103 cm³/mol. The van der Waals surface area contributed by atoms with E-state index in [4.69, 9.17) is 0 Å². The molecule has 1 aromatic heterocycles. The summed E-state index contributed by atoms with van der Waals surface area (Å²) in [7, 11) is 0. The second kappa shape index (κ2) is 7.96. The molecule has 0 bridgehead atoms. The molecule has 6 heteroatoms. The van der Waals surface area contributed by atoms with Crippen molar-refractivity contribution in [2.45, 2.75) is 25.9 Å². The number of fused-ring (bicyclic) bond motifs is 1. The van der Waals surface area contributed by atoms with Crippen LogP contribution < -0.4 is 5.32 Å². The summed E-state index contributed by atoms with van der Waals surface area (Å²) >= 11 is 0. The van der Waals surface area contributed by atoms with E-state index in [1.807, 2.05) is 27.8 Å². The van der Waals surface area contributed by atoms with E-state index in [1.54, 1.807) is 0 Å². The molecule has 3 heterocycles. The van der Waals surface area contributed by atoms with Crippen LogP contribution in [0.4, 0.5) is 0 Å². The number of piperazine rings is 1. The molecule has 0 saturated carbocycles. The number of nitrogens with zero attached hydrogens (tertiary/aromatic N) is 3. The smallest absolute Gasteiger partial charge is 0.253 e. The lowest BCUT2D eigenvalue weighted by Crippen LogP contribution is -2.49. The minimum Gasteiger partial charge on any atom is -0.352 e. The number of hydrogen-bond acceptors (Lipinski definition) is 3. The molecular weight excluding hydrogens is 340 g/mol. The van der Waals surface area contributed by atoms with Gasteiger partial charge in [-0.15, -0.1) is 0 Å². The molecule has 1 N–H and O–H groups in total. The molecule has 0 radical (unpaired) electrons. The molecule has 6 nitrogen and oxygen atoms in total. The van der Waals surface area contributed by atoms with Gasteiger partial charge in [0.2, 0.25) is 5.91 Å². The number of hydrogen-bond donors (Lipinski definition) is 1. The number of rotatable bonds is 4. The van der Waals surface area contributed by atoms with E-state index >= 15 is 0 Å². The Morgan fingerprint density at radius 1 is 1.04 bits per heavy atom. The third-order valence-electron chi connectivity index (χ3n) is 5.48. The van der Waals surface area contributed by atoms with Crippen LogP contribution >= 0.6 is 0 Å². The van der Waals surface area contributed by atoms with Crippen LogP contribution in [-0.2, 0) is 24.3 Å². The van der Waals surface area contributed by atoms with Gasteiger partial charge in [-0.1, -0.05) is 30.3 Å². The highest BCUT2D eigenvalue weighted by molar-refractivity contribution is 5.96. The molecule has 4 rings (SSSR count). The Labute approximate surface area is 159 Å². The van der Waals surface area contributed by atoms with E-state index < -0.39 is 0 Å². The van der Waals surface area contributed by atoms with E-state index in [0.717, 1.165) is 51.3 Å². The highest BCUT2D eigenvalue weighted by Gasteiger charge is 2.24. The van der Waals surface area contributed by atoms with Crippen molar-refractivity contribution in [2.24, 2.45) is 0 Å². The normalized spacial score (nSPS) is 17.9. The summed E-state index contributed by atoms with van der Waals surface area (Å²) < 4.78 is 1.96. The summed E-state index contributed by atoms with van der Waals surface area (Å²) in [4.78, 5) is 29.2. The van der Waals surface area contributed by atoms with Crippen molar-refractivity contribution < 1.29 is 9.59 Å². The maximum atomic E-state index is 12.8. The molecule has 142 valence electrons. The lowest BCUT2D eigenvalue weighted by Gasteiger charge is -2.35. The SMILES string of the molecule is O=C1NCCCc2c1ccn2CC(=O)N1CCN(Cc2ccccc2)CC1. The molecule has 0 atom stereocenters. The number of nitrogens with one attached hydrogen (secondary N) is 1. The molecule has 1 saturated heterocycles. The number of amides is 2. The minimum absolute atomic E-state index is 0.0248. The number of aromatic nitrogens is 1. The second-order valence-electron chi connectivity index (χ2n) is 7.31. The molecule has 2 aliphatic rings. The summed E-state index contributed by atoms with van der Waals surface area (Å²) in [5, 5.41) is 2.90. The van der Waals surface area contributed by atoms with Gasteiger partial charge in [0.05, 0.1) is 5.56 Å².